The second kappa shape index (κ2) is 4.39. The number of rotatable bonds is 3. The number of halogens is 1. The summed E-state index contributed by atoms with van der Waals surface area (Å²) < 4.78 is 0. The Hall–Kier alpha value is -0.440. The summed E-state index contributed by atoms with van der Waals surface area (Å²) in [5.74, 6) is 0. The average Bonchev–Trinajstić information content (AvgIpc) is 2.42. The summed E-state index contributed by atoms with van der Waals surface area (Å²) in [5.41, 5.74) is -0.0850. The minimum atomic E-state index is -0.124. The van der Waals surface area contributed by atoms with Crippen LogP contribution in [0.2, 0.25) is 0 Å². The number of alkyl halides is 1. The summed E-state index contributed by atoms with van der Waals surface area (Å²) >= 11 is 6.29. The Balaban J connectivity index is 2.52. The highest BCUT2D eigenvalue weighted by molar-refractivity contribution is 6.21. The first-order chi connectivity index (χ1) is 6.46. The molecule has 0 aromatic rings. The van der Waals surface area contributed by atoms with Crippen LogP contribution in [0.4, 0.5) is 0 Å². The number of hydrogen-bond acceptors (Lipinski definition) is 3. The first-order valence-electron chi connectivity index (χ1n) is 5.20. The van der Waals surface area contributed by atoms with Crippen molar-refractivity contribution in [1.82, 2.24) is 9.91 Å². The topological polar surface area (TPSA) is 18.8 Å². The largest absolute Gasteiger partial charge is 0.322 e. The van der Waals surface area contributed by atoms with E-state index >= 15 is 0 Å². The fraction of sp³-hybridized carbons (Fsp3) is 0.900. The fourth-order valence-corrected chi connectivity index (χ4v) is 1.84. The predicted molar refractivity (Wildman–Crippen MR) is 61.3 cm³/mol. The van der Waals surface area contributed by atoms with Gasteiger partial charge in [0.15, 0.2) is 5.62 Å². The molecule has 0 N–H and O–H groups in total. The van der Waals surface area contributed by atoms with E-state index in [2.05, 4.69) is 37.7 Å². The van der Waals surface area contributed by atoms with Gasteiger partial charge < -0.3 is 4.90 Å². The number of unbranched alkanes of at least 4 members (excludes halogenated alkanes) is 1. The van der Waals surface area contributed by atoms with Crippen molar-refractivity contribution in [1.29, 1.82) is 0 Å². The number of hydrogen-bond donors (Lipinski definition) is 0. The van der Waals surface area contributed by atoms with Gasteiger partial charge in [0.05, 0.1) is 0 Å². The third kappa shape index (κ3) is 2.53. The van der Waals surface area contributed by atoms with E-state index in [1.165, 1.54) is 6.42 Å². The molecule has 1 aliphatic heterocycles. The molecule has 0 spiro atoms. The van der Waals surface area contributed by atoms with Crippen molar-refractivity contribution in [2.45, 2.75) is 51.7 Å². The lowest BCUT2D eigenvalue weighted by Crippen LogP contribution is -2.46. The summed E-state index contributed by atoms with van der Waals surface area (Å²) in [7, 11) is 0. The van der Waals surface area contributed by atoms with Gasteiger partial charge in [0, 0.05) is 12.1 Å². The van der Waals surface area contributed by atoms with Crippen LogP contribution in [0.25, 0.3) is 0 Å². The molecule has 0 saturated carbocycles. The van der Waals surface area contributed by atoms with Crippen LogP contribution in [-0.4, -0.2) is 34.0 Å². The highest BCUT2D eigenvalue weighted by Gasteiger charge is 2.32. The minimum Gasteiger partial charge on any atom is -0.322 e. The molecule has 0 radical (unpaired) electrons. The molecule has 0 fully saturated rings. The Morgan fingerprint density at radius 3 is 2.50 bits per heavy atom. The van der Waals surface area contributed by atoms with Gasteiger partial charge in [-0.05, 0) is 27.2 Å². The molecule has 14 heavy (non-hydrogen) atoms. The van der Waals surface area contributed by atoms with E-state index in [0.29, 0.717) is 0 Å². The average molecular weight is 218 g/mol. The van der Waals surface area contributed by atoms with Crippen molar-refractivity contribution in [3.63, 3.8) is 0 Å². The van der Waals surface area contributed by atoms with E-state index in [4.69, 9.17) is 11.6 Å². The Bertz CT molecular complexity index is 210. The van der Waals surface area contributed by atoms with Crippen molar-refractivity contribution in [3.05, 3.63) is 0 Å². The second-order valence-electron chi connectivity index (χ2n) is 4.64. The van der Waals surface area contributed by atoms with Crippen molar-refractivity contribution in [2.24, 2.45) is 5.10 Å². The summed E-state index contributed by atoms with van der Waals surface area (Å²) in [4.78, 5) is 2.07. The van der Waals surface area contributed by atoms with E-state index in [-0.39, 0.29) is 11.2 Å². The lowest BCUT2D eigenvalue weighted by Gasteiger charge is -2.35. The van der Waals surface area contributed by atoms with Gasteiger partial charge in [-0.25, -0.2) is 0 Å². The van der Waals surface area contributed by atoms with E-state index in [0.717, 1.165) is 13.0 Å². The number of hydrazone groups is 1. The Kier molecular flexibility index (Phi) is 3.65. The summed E-state index contributed by atoms with van der Waals surface area (Å²) in [6.45, 7) is 9.52. The minimum absolute atomic E-state index is 0.0386. The summed E-state index contributed by atoms with van der Waals surface area (Å²) in [5, 5.41) is 6.25. The molecule has 1 aliphatic rings. The molecule has 82 valence electrons. The van der Waals surface area contributed by atoms with E-state index in [1.54, 1.807) is 0 Å². The van der Waals surface area contributed by atoms with Gasteiger partial charge in [-0.15, -0.1) is 0 Å². The molecule has 0 saturated heterocycles. The molecule has 1 heterocycles. The van der Waals surface area contributed by atoms with Crippen LogP contribution in [0.3, 0.4) is 0 Å². The van der Waals surface area contributed by atoms with E-state index < -0.39 is 0 Å². The van der Waals surface area contributed by atoms with Crippen LogP contribution < -0.4 is 0 Å². The first kappa shape index (κ1) is 11.6. The molecule has 4 heteroatoms. The Morgan fingerprint density at radius 1 is 1.43 bits per heavy atom. The number of nitrogens with zero attached hydrogens (tertiary/aromatic N) is 3. The third-order valence-electron chi connectivity index (χ3n) is 2.32. The van der Waals surface area contributed by atoms with Crippen LogP contribution in [0.15, 0.2) is 5.10 Å². The van der Waals surface area contributed by atoms with Crippen molar-refractivity contribution in [3.8, 4) is 0 Å². The molecule has 0 aromatic heterocycles. The standard InChI is InChI=1S/C10H20ClN3/c1-5-6-7-14-9(11)13(8-12-14)10(2,3)4/h8-9H,5-7H2,1-4H3. The molecule has 1 unspecified atom stereocenters. The summed E-state index contributed by atoms with van der Waals surface area (Å²) in [6, 6.07) is 0. The van der Waals surface area contributed by atoms with Crippen molar-refractivity contribution in [2.75, 3.05) is 6.54 Å². The third-order valence-corrected chi connectivity index (χ3v) is 2.75. The normalized spacial score (nSPS) is 22.2. The van der Waals surface area contributed by atoms with Gasteiger partial charge >= 0.3 is 0 Å². The monoisotopic (exact) mass is 217 g/mol. The lowest BCUT2D eigenvalue weighted by molar-refractivity contribution is 0.132. The maximum absolute atomic E-state index is 6.29. The smallest absolute Gasteiger partial charge is 0.196 e. The Morgan fingerprint density at radius 2 is 2.07 bits per heavy atom. The molecule has 0 bridgehead atoms. The molecule has 3 nitrogen and oxygen atoms in total. The molecule has 1 rings (SSSR count). The fourth-order valence-electron chi connectivity index (χ4n) is 1.35. The maximum Gasteiger partial charge on any atom is 0.196 e. The van der Waals surface area contributed by atoms with Gasteiger partial charge in [0.1, 0.15) is 6.34 Å². The zero-order valence-corrected chi connectivity index (χ0v) is 10.3. The van der Waals surface area contributed by atoms with Gasteiger partial charge in [-0.3, -0.25) is 5.01 Å². The molecule has 0 aliphatic carbocycles. The molecular weight excluding hydrogens is 198 g/mol. The quantitative estimate of drug-likeness (QED) is 0.535. The SMILES string of the molecule is CCCCN1N=CN(C(C)(C)C)C1Cl. The van der Waals surface area contributed by atoms with Crippen LogP contribution in [0.5, 0.6) is 0 Å². The zero-order chi connectivity index (χ0) is 10.8. The van der Waals surface area contributed by atoms with Crippen LogP contribution in [0, 0.1) is 0 Å². The maximum atomic E-state index is 6.29. The second-order valence-corrected chi connectivity index (χ2v) is 5.03. The molecular formula is C10H20ClN3. The van der Waals surface area contributed by atoms with Gasteiger partial charge in [0.25, 0.3) is 0 Å². The Labute approximate surface area is 91.7 Å². The predicted octanol–water partition coefficient (Wildman–Crippen LogP) is 2.67. The van der Waals surface area contributed by atoms with Crippen LogP contribution >= 0.6 is 11.6 Å². The molecule has 0 amide bonds. The van der Waals surface area contributed by atoms with Crippen molar-refractivity contribution >= 4 is 17.9 Å². The van der Waals surface area contributed by atoms with Gasteiger partial charge in [-0.2, -0.15) is 5.10 Å². The molecule has 0 aromatic carbocycles. The van der Waals surface area contributed by atoms with Gasteiger partial charge in [0.2, 0.25) is 0 Å². The van der Waals surface area contributed by atoms with Crippen LogP contribution in [0.1, 0.15) is 40.5 Å². The molecule has 1 atom stereocenters. The van der Waals surface area contributed by atoms with Crippen LogP contribution in [-0.2, 0) is 0 Å². The first-order valence-corrected chi connectivity index (χ1v) is 5.63. The highest BCUT2D eigenvalue weighted by atomic mass is 35.5. The van der Waals surface area contributed by atoms with E-state index in [9.17, 15) is 0 Å². The van der Waals surface area contributed by atoms with E-state index in [1.807, 2.05) is 11.3 Å². The lowest BCUT2D eigenvalue weighted by atomic mass is 10.1. The zero-order valence-electron chi connectivity index (χ0n) is 9.50. The van der Waals surface area contributed by atoms with Crippen molar-refractivity contribution < 1.29 is 0 Å². The highest BCUT2D eigenvalue weighted by Crippen LogP contribution is 2.24. The van der Waals surface area contributed by atoms with Gasteiger partial charge in [-0.1, -0.05) is 24.9 Å². The summed E-state index contributed by atoms with van der Waals surface area (Å²) in [6.07, 6.45) is 4.15.